The standard InChI is InChI=1S/C15H16FNO3/c16-12-7-5-11(6-8-12)3-1-4-13(18)17-15(14(19)20)9-2-10-15/h1,3,5-8H,2,4,9-10H2,(H,17,18)(H,19,20)/b3-1+. The molecule has 0 heterocycles. The summed E-state index contributed by atoms with van der Waals surface area (Å²) in [5.41, 5.74) is -0.281. The van der Waals surface area contributed by atoms with E-state index >= 15 is 0 Å². The topological polar surface area (TPSA) is 66.4 Å². The largest absolute Gasteiger partial charge is 0.480 e. The second-order valence-corrected chi connectivity index (χ2v) is 4.95. The highest BCUT2D eigenvalue weighted by Gasteiger charge is 2.45. The molecule has 0 saturated heterocycles. The summed E-state index contributed by atoms with van der Waals surface area (Å²) in [7, 11) is 0. The van der Waals surface area contributed by atoms with Crippen LogP contribution in [0.1, 0.15) is 31.2 Å². The van der Waals surface area contributed by atoms with Gasteiger partial charge in [0.2, 0.25) is 5.91 Å². The molecule has 5 heteroatoms. The van der Waals surface area contributed by atoms with Gasteiger partial charge in [0.25, 0.3) is 0 Å². The normalized spacial score (nSPS) is 16.6. The maximum absolute atomic E-state index is 12.7. The van der Waals surface area contributed by atoms with Crippen LogP contribution >= 0.6 is 0 Å². The summed E-state index contributed by atoms with van der Waals surface area (Å²) in [5, 5.41) is 11.7. The Morgan fingerprint density at radius 3 is 2.45 bits per heavy atom. The van der Waals surface area contributed by atoms with E-state index in [4.69, 9.17) is 5.11 Å². The lowest BCUT2D eigenvalue weighted by molar-refractivity contribution is -0.151. The number of halogens is 1. The summed E-state index contributed by atoms with van der Waals surface area (Å²) in [6.07, 6.45) is 5.22. The Labute approximate surface area is 116 Å². The number of aliphatic carboxylic acids is 1. The van der Waals surface area contributed by atoms with E-state index < -0.39 is 11.5 Å². The Hall–Kier alpha value is -2.17. The smallest absolute Gasteiger partial charge is 0.329 e. The Balaban J connectivity index is 1.86. The predicted octanol–water partition coefficient (Wildman–Crippen LogP) is 2.35. The van der Waals surface area contributed by atoms with Crippen molar-refractivity contribution in [2.45, 2.75) is 31.2 Å². The van der Waals surface area contributed by atoms with Crippen molar-refractivity contribution in [3.05, 3.63) is 41.7 Å². The molecule has 0 bridgehead atoms. The molecule has 1 fully saturated rings. The first-order valence-electron chi connectivity index (χ1n) is 6.48. The molecule has 4 nitrogen and oxygen atoms in total. The average Bonchev–Trinajstić information content (AvgIpc) is 2.36. The van der Waals surface area contributed by atoms with E-state index in [1.807, 2.05) is 0 Å². The van der Waals surface area contributed by atoms with Gasteiger partial charge in [-0.2, -0.15) is 0 Å². The van der Waals surface area contributed by atoms with Gasteiger partial charge >= 0.3 is 5.97 Å². The quantitative estimate of drug-likeness (QED) is 0.868. The van der Waals surface area contributed by atoms with Gasteiger partial charge in [-0.05, 0) is 37.0 Å². The van der Waals surface area contributed by atoms with Crippen LogP contribution in [-0.2, 0) is 9.59 Å². The van der Waals surface area contributed by atoms with Crippen LogP contribution in [0.25, 0.3) is 6.08 Å². The molecule has 0 spiro atoms. The number of benzene rings is 1. The van der Waals surface area contributed by atoms with E-state index in [0.717, 1.165) is 12.0 Å². The van der Waals surface area contributed by atoms with Crippen molar-refractivity contribution in [1.82, 2.24) is 5.32 Å². The van der Waals surface area contributed by atoms with Crippen LogP contribution in [-0.4, -0.2) is 22.5 Å². The third kappa shape index (κ3) is 3.23. The first-order valence-corrected chi connectivity index (χ1v) is 6.48. The van der Waals surface area contributed by atoms with Crippen molar-refractivity contribution in [3.8, 4) is 0 Å². The van der Waals surface area contributed by atoms with Crippen LogP contribution in [0.5, 0.6) is 0 Å². The molecule has 1 aliphatic carbocycles. The van der Waals surface area contributed by atoms with Gasteiger partial charge in [-0.15, -0.1) is 0 Å². The number of carbonyl (C=O) groups is 2. The lowest BCUT2D eigenvalue weighted by Crippen LogP contribution is -2.59. The number of carboxylic acid groups (broad SMARTS) is 1. The minimum atomic E-state index is -1.07. The Morgan fingerprint density at radius 2 is 1.95 bits per heavy atom. The van der Waals surface area contributed by atoms with E-state index in [2.05, 4.69) is 5.32 Å². The Morgan fingerprint density at radius 1 is 1.30 bits per heavy atom. The molecule has 1 aliphatic rings. The lowest BCUT2D eigenvalue weighted by atomic mass is 9.76. The maximum Gasteiger partial charge on any atom is 0.329 e. The van der Waals surface area contributed by atoms with Crippen LogP contribution in [0.15, 0.2) is 30.3 Å². The molecule has 1 aromatic carbocycles. The Kier molecular flexibility index (Phi) is 4.17. The number of hydrogen-bond acceptors (Lipinski definition) is 2. The van der Waals surface area contributed by atoms with Gasteiger partial charge in [-0.3, -0.25) is 4.79 Å². The number of carboxylic acids is 1. The fourth-order valence-corrected chi connectivity index (χ4v) is 2.12. The van der Waals surface area contributed by atoms with Crippen LogP contribution in [0.4, 0.5) is 4.39 Å². The van der Waals surface area contributed by atoms with Crippen LogP contribution < -0.4 is 5.32 Å². The predicted molar refractivity (Wildman–Crippen MR) is 72.4 cm³/mol. The van der Waals surface area contributed by atoms with E-state index in [9.17, 15) is 14.0 Å². The van der Waals surface area contributed by atoms with Gasteiger partial charge in [0.1, 0.15) is 11.4 Å². The highest BCUT2D eigenvalue weighted by Crippen LogP contribution is 2.32. The zero-order valence-electron chi connectivity index (χ0n) is 10.9. The van der Waals surface area contributed by atoms with Crippen LogP contribution in [0.3, 0.4) is 0 Å². The third-order valence-electron chi connectivity index (χ3n) is 3.48. The molecule has 1 aromatic rings. The molecular formula is C15H16FNO3. The summed E-state index contributed by atoms with van der Waals surface area (Å²) in [5.74, 6) is -1.60. The number of carbonyl (C=O) groups excluding carboxylic acids is 1. The van der Waals surface area contributed by atoms with Crippen molar-refractivity contribution >= 4 is 18.0 Å². The van der Waals surface area contributed by atoms with E-state index in [-0.39, 0.29) is 18.1 Å². The number of nitrogens with one attached hydrogen (secondary N) is 1. The lowest BCUT2D eigenvalue weighted by Gasteiger charge is -2.38. The van der Waals surface area contributed by atoms with E-state index in [1.165, 1.54) is 12.1 Å². The van der Waals surface area contributed by atoms with Crippen molar-refractivity contribution in [2.24, 2.45) is 0 Å². The van der Waals surface area contributed by atoms with Crippen LogP contribution in [0, 0.1) is 5.82 Å². The van der Waals surface area contributed by atoms with Gasteiger partial charge in [0, 0.05) is 6.42 Å². The molecule has 0 radical (unpaired) electrons. The molecule has 2 N–H and O–H groups in total. The number of hydrogen-bond donors (Lipinski definition) is 2. The third-order valence-corrected chi connectivity index (χ3v) is 3.48. The molecule has 0 aliphatic heterocycles. The van der Waals surface area contributed by atoms with Crippen molar-refractivity contribution in [2.75, 3.05) is 0 Å². The van der Waals surface area contributed by atoms with Gasteiger partial charge < -0.3 is 10.4 Å². The molecule has 0 unspecified atom stereocenters. The molecular weight excluding hydrogens is 261 g/mol. The molecule has 1 saturated carbocycles. The molecule has 2 rings (SSSR count). The molecule has 106 valence electrons. The average molecular weight is 277 g/mol. The summed E-state index contributed by atoms with van der Waals surface area (Å²) >= 11 is 0. The van der Waals surface area contributed by atoms with Gasteiger partial charge in [0.15, 0.2) is 0 Å². The van der Waals surface area contributed by atoms with E-state index in [1.54, 1.807) is 24.3 Å². The van der Waals surface area contributed by atoms with Gasteiger partial charge in [-0.1, -0.05) is 24.3 Å². The first-order chi connectivity index (χ1) is 9.52. The minimum absolute atomic E-state index is 0.104. The highest BCUT2D eigenvalue weighted by atomic mass is 19.1. The molecule has 1 amide bonds. The van der Waals surface area contributed by atoms with Crippen molar-refractivity contribution in [3.63, 3.8) is 0 Å². The van der Waals surface area contributed by atoms with Gasteiger partial charge in [-0.25, -0.2) is 9.18 Å². The zero-order valence-corrected chi connectivity index (χ0v) is 10.9. The maximum atomic E-state index is 12.7. The fourth-order valence-electron chi connectivity index (χ4n) is 2.12. The second kappa shape index (κ2) is 5.86. The fraction of sp³-hybridized carbons (Fsp3) is 0.333. The SMILES string of the molecule is O=C(C/C=C/c1ccc(F)cc1)NC1(C(=O)O)CCC1. The highest BCUT2D eigenvalue weighted by molar-refractivity contribution is 5.88. The van der Waals surface area contributed by atoms with Crippen molar-refractivity contribution < 1.29 is 19.1 Å². The number of amides is 1. The zero-order chi connectivity index (χ0) is 14.6. The van der Waals surface area contributed by atoms with Crippen molar-refractivity contribution in [1.29, 1.82) is 0 Å². The summed E-state index contributed by atoms with van der Waals surface area (Å²) < 4.78 is 12.7. The molecule has 20 heavy (non-hydrogen) atoms. The second-order valence-electron chi connectivity index (χ2n) is 4.95. The Bertz CT molecular complexity index is 533. The monoisotopic (exact) mass is 277 g/mol. The van der Waals surface area contributed by atoms with Crippen LogP contribution in [0.2, 0.25) is 0 Å². The summed E-state index contributed by atoms with van der Waals surface area (Å²) in [6.45, 7) is 0. The minimum Gasteiger partial charge on any atom is -0.480 e. The summed E-state index contributed by atoms with van der Waals surface area (Å²) in [6, 6.07) is 5.89. The first kappa shape index (κ1) is 14.2. The van der Waals surface area contributed by atoms with Gasteiger partial charge in [0.05, 0.1) is 0 Å². The van der Waals surface area contributed by atoms with E-state index in [0.29, 0.717) is 12.8 Å². The molecule has 0 aromatic heterocycles. The summed E-state index contributed by atoms with van der Waals surface area (Å²) in [4.78, 5) is 22.8. The number of rotatable bonds is 5. The molecule has 0 atom stereocenters.